The van der Waals surface area contributed by atoms with Gasteiger partial charge in [0, 0.05) is 42.3 Å². The van der Waals surface area contributed by atoms with E-state index in [1.807, 2.05) is 34.6 Å². The zero-order valence-corrected chi connectivity index (χ0v) is 51.6. The molecule has 0 bridgehead atoms. The molecule has 4 aromatic carbocycles. The summed E-state index contributed by atoms with van der Waals surface area (Å²) < 4.78 is 110. The van der Waals surface area contributed by atoms with Crippen molar-refractivity contribution in [2.75, 3.05) is 47.2 Å². The van der Waals surface area contributed by atoms with Crippen LogP contribution in [0.15, 0.2) is 82.6 Å². The van der Waals surface area contributed by atoms with Crippen LogP contribution in [0.1, 0.15) is 110 Å². The van der Waals surface area contributed by atoms with Gasteiger partial charge in [0.25, 0.3) is 11.1 Å². The highest BCUT2D eigenvalue weighted by atomic mass is 19.2. The van der Waals surface area contributed by atoms with Crippen molar-refractivity contribution in [2.24, 2.45) is 5.92 Å². The molecule has 3 N–H and O–H groups in total. The number of hydrogen-bond acceptors (Lipinski definition) is 12. The van der Waals surface area contributed by atoms with Crippen molar-refractivity contribution in [2.45, 2.75) is 125 Å². The van der Waals surface area contributed by atoms with Crippen LogP contribution in [0.5, 0.6) is 11.5 Å². The number of aromatic hydroxyl groups is 1. The average Bonchev–Trinajstić information content (AvgIpc) is 0.714. The predicted octanol–water partition coefficient (Wildman–Crippen LogP) is 12.8. The van der Waals surface area contributed by atoms with Crippen molar-refractivity contribution in [1.82, 2.24) is 24.0 Å². The van der Waals surface area contributed by atoms with E-state index < -0.39 is 110 Å². The molecule has 0 saturated carbocycles. The number of aryl methyl sites for hydroxylation is 2. The number of carbonyl (C=O) groups excluding carboxylic acids is 3. The number of fused-ring (bicyclic) bond motifs is 10. The van der Waals surface area contributed by atoms with Crippen LogP contribution >= 0.6 is 0 Å². The number of methoxy groups -OCH3 is 1. The summed E-state index contributed by atoms with van der Waals surface area (Å²) in [6, 6.07) is 10.5. The monoisotopic (exact) mass is 1240 g/mol. The molecule has 3 amide bonds. The standard InChI is InChI=1S/C36H38F3N5O5.C31H29F3N4O3/c1-17(2)28-30(18(3)12-13-40-28)44-31-20(14-22(38)26(27(31)39)25-21(37)10-9-11-24(25)48-8)32-29(34(44)46)41-33(45)23-16-42(19(4)15-43(23)32)35(47)49-36(5,6)7;1-14(2)25-27(16(4)10-11-35-25)38-28-17(12-19(33)23(24(28)34)22-18(32)6-5-7-21(22)39)29-26(31(38)41)36-30(40)20-9-8-15(3)13-37(20)29/h9-14,17,19,23H,15-16H2,1-8H3,(H,41,45);5-7,10-12,14-15,20,39H,8-9,13H2,1-4H3,(H,36,40)/t19-,23-;15-,20+/m10/s1. The van der Waals surface area contributed by atoms with E-state index in [2.05, 4.69) is 20.6 Å². The zero-order valence-electron chi connectivity index (χ0n) is 51.6. The highest BCUT2D eigenvalue weighted by molar-refractivity contribution is 6.13. The van der Waals surface area contributed by atoms with Gasteiger partial charge in [-0.3, -0.25) is 38.3 Å². The second-order valence-electron chi connectivity index (χ2n) is 25.1. The number of carbonyl (C=O) groups is 3. The van der Waals surface area contributed by atoms with Gasteiger partial charge in [-0.25, -0.2) is 31.1 Å². The predicted molar refractivity (Wildman–Crippen MR) is 331 cm³/mol. The van der Waals surface area contributed by atoms with E-state index in [0.29, 0.717) is 35.5 Å². The Bertz CT molecular complexity index is 4450. The maximum absolute atomic E-state index is 17.4. The van der Waals surface area contributed by atoms with Crippen LogP contribution in [0.4, 0.5) is 53.9 Å². The van der Waals surface area contributed by atoms with Crippen LogP contribution in [0.2, 0.25) is 0 Å². The fraction of sp³-hybridized carbons (Fsp3) is 0.358. The summed E-state index contributed by atoms with van der Waals surface area (Å²) in [6.45, 7) is 20.2. The Balaban J connectivity index is 0.000000188. The van der Waals surface area contributed by atoms with Gasteiger partial charge in [0.15, 0.2) is 11.6 Å². The van der Waals surface area contributed by atoms with Gasteiger partial charge < -0.3 is 39.9 Å². The first-order valence-electron chi connectivity index (χ1n) is 29.6. The van der Waals surface area contributed by atoms with Crippen LogP contribution < -0.4 is 36.3 Å². The fourth-order valence-corrected chi connectivity index (χ4v) is 13.0. The summed E-state index contributed by atoms with van der Waals surface area (Å²) >= 11 is 0. The van der Waals surface area contributed by atoms with E-state index in [4.69, 9.17) is 9.47 Å². The minimum absolute atomic E-state index is 0.0375. The number of nitrogens with one attached hydrogen (secondary N) is 2. The van der Waals surface area contributed by atoms with Gasteiger partial charge in [0.1, 0.15) is 63.8 Å². The number of halogens is 6. The molecule has 0 unspecified atom stereocenters. The van der Waals surface area contributed by atoms with E-state index in [9.17, 15) is 33.5 Å². The first-order chi connectivity index (χ1) is 42.6. The molecule has 4 atom stereocenters. The zero-order chi connectivity index (χ0) is 65.0. The van der Waals surface area contributed by atoms with Crippen molar-refractivity contribution in [3.8, 4) is 45.1 Å². The molecule has 470 valence electrons. The Morgan fingerprint density at radius 2 is 1.10 bits per heavy atom. The van der Waals surface area contributed by atoms with E-state index in [0.717, 1.165) is 45.9 Å². The Hall–Kier alpha value is -9.41. The van der Waals surface area contributed by atoms with Gasteiger partial charge in [-0.05, 0) is 132 Å². The summed E-state index contributed by atoms with van der Waals surface area (Å²) in [5.74, 6) is -8.53. The number of phenolic OH excluding ortho intramolecular Hbond substituents is 1. The number of amides is 3. The van der Waals surface area contributed by atoms with Gasteiger partial charge >= 0.3 is 6.09 Å². The molecule has 23 heteroatoms. The molecular weight excluding hydrogens is 1170 g/mol. The van der Waals surface area contributed by atoms with Crippen LogP contribution in [0, 0.1) is 54.7 Å². The number of ether oxygens (including phenoxy) is 2. The number of aromatic nitrogens is 4. The maximum Gasteiger partial charge on any atom is 0.410 e. The topological polar surface area (TPSA) is 193 Å². The molecule has 8 heterocycles. The minimum atomic E-state index is -1.21. The summed E-state index contributed by atoms with van der Waals surface area (Å²) in [6.07, 6.45) is 3.84. The van der Waals surface area contributed by atoms with Gasteiger partial charge in [-0.1, -0.05) is 46.8 Å². The number of piperidine rings is 1. The first-order valence-corrected chi connectivity index (χ1v) is 29.6. The van der Waals surface area contributed by atoms with E-state index in [1.54, 1.807) is 75.9 Å². The molecule has 2 saturated heterocycles. The van der Waals surface area contributed by atoms with Crippen LogP contribution in [0.3, 0.4) is 0 Å². The third kappa shape index (κ3) is 10.3. The molecule has 90 heavy (non-hydrogen) atoms. The first kappa shape index (κ1) is 62.2. The molecule has 8 aromatic rings. The molecule has 12 rings (SSSR count). The van der Waals surface area contributed by atoms with Crippen molar-refractivity contribution in [1.29, 1.82) is 0 Å². The second-order valence-corrected chi connectivity index (χ2v) is 25.1. The Labute approximate surface area is 513 Å². The highest BCUT2D eigenvalue weighted by Gasteiger charge is 2.46. The fourth-order valence-electron chi connectivity index (χ4n) is 13.0. The Morgan fingerprint density at radius 1 is 0.622 bits per heavy atom. The lowest BCUT2D eigenvalue weighted by Gasteiger charge is -2.48. The second kappa shape index (κ2) is 23.2. The normalized spacial score (nSPS) is 18.0. The lowest BCUT2D eigenvalue weighted by Crippen LogP contribution is -2.65. The smallest absolute Gasteiger partial charge is 0.410 e. The number of hydrogen-bond donors (Lipinski definition) is 3. The van der Waals surface area contributed by atoms with Crippen molar-refractivity contribution >= 4 is 62.5 Å². The molecule has 0 spiro atoms. The van der Waals surface area contributed by atoms with E-state index in [1.165, 1.54) is 30.2 Å². The number of phenols is 1. The van der Waals surface area contributed by atoms with Gasteiger partial charge in [0.05, 0.1) is 81.1 Å². The number of nitrogens with zero attached hydrogens (tertiary/aromatic N) is 7. The molecule has 17 nitrogen and oxygen atoms in total. The molecule has 2 fully saturated rings. The summed E-state index contributed by atoms with van der Waals surface area (Å²) in [5.41, 5.74) is -2.82. The van der Waals surface area contributed by atoms with Crippen LogP contribution in [-0.2, 0) is 14.3 Å². The lowest BCUT2D eigenvalue weighted by molar-refractivity contribution is -0.119. The summed E-state index contributed by atoms with van der Waals surface area (Å²) in [4.78, 5) is 82.9. The van der Waals surface area contributed by atoms with Crippen LogP contribution in [0.25, 0.3) is 55.4 Å². The Morgan fingerprint density at radius 3 is 1.59 bits per heavy atom. The SMILES string of the molecule is COc1cccc(F)c1-c1c(F)cc2c3c(c(=O)n(-c4c(C)ccnc4C(C)C)c2c1F)NC(=O)[C@H]1CN(C(=O)OC(C)(C)C)[C@H](C)CN31.Cc1ccnc(C(C)C)c1-n1c(=O)c2c(c3cc(F)c(-c4c(O)cccc4F)c(F)c31)N1C[C@@H](C)CC[C@@H]1C(=O)N2. The lowest BCUT2D eigenvalue weighted by atomic mass is 9.90. The third-order valence-corrected chi connectivity index (χ3v) is 17.0. The van der Waals surface area contributed by atoms with Gasteiger partial charge in [-0.15, -0.1) is 0 Å². The molecule has 4 aliphatic heterocycles. The largest absolute Gasteiger partial charge is 0.507 e. The van der Waals surface area contributed by atoms with Gasteiger partial charge in [0.2, 0.25) is 11.8 Å². The van der Waals surface area contributed by atoms with Crippen molar-refractivity contribution in [3.05, 3.63) is 151 Å². The molecule has 4 aliphatic rings. The van der Waals surface area contributed by atoms with E-state index >= 15 is 22.0 Å². The number of piperazine rings is 1. The molecular formula is C67H67F6N9O8. The molecule has 0 radical (unpaired) electrons. The number of pyridine rings is 4. The average molecular weight is 1240 g/mol. The maximum atomic E-state index is 17.4. The van der Waals surface area contributed by atoms with Crippen molar-refractivity contribution in [3.63, 3.8) is 0 Å². The van der Waals surface area contributed by atoms with E-state index in [-0.39, 0.29) is 98.4 Å². The molecule has 0 aliphatic carbocycles. The molecule has 4 aromatic heterocycles. The Kier molecular flexibility index (Phi) is 16.0. The number of rotatable bonds is 7. The third-order valence-electron chi connectivity index (χ3n) is 17.0. The highest BCUT2D eigenvalue weighted by Crippen LogP contribution is 2.48. The summed E-state index contributed by atoms with van der Waals surface area (Å²) in [5, 5.41) is 15.9. The number of anilines is 4. The summed E-state index contributed by atoms with van der Waals surface area (Å²) in [7, 11) is 1.26. The number of benzene rings is 4. The van der Waals surface area contributed by atoms with Gasteiger partial charge in [-0.2, -0.15) is 0 Å². The van der Waals surface area contributed by atoms with Crippen LogP contribution in [-0.4, -0.2) is 97.5 Å². The quantitative estimate of drug-likeness (QED) is 0.128. The van der Waals surface area contributed by atoms with Crippen molar-refractivity contribution < 1.29 is 55.3 Å². The minimum Gasteiger partial charge on any atom is -0.507 e.